The van der Waals surface area contributed by atoms with E-state index in [0.29, 0.717) is 66.2 Å². The quantitative estimate of drug-likeness (QED) is 0.0896. The Kier molecular flexibility index (Phi) is 12.4. The lowest BCUT2D eigenvalue weighted by molar-refractivity contribution is -0.139. The Morgan fingerprint density at radius 1 is 1.02 bits per heavy atom. The van der Waals surface area contributed by atoms with E-state index in [-0.39, 0.29) is 42.5 Å². The summed E-state index contributed by atoms with van der Waals surface area (Å²) in [5.41, 5.74) is 5.50. The van der Waals surface area contributed by atoms with Crippen LogP contribution in [0.5, 0.6) is 11.8 Å². The number of carbonyl (C=O) groups excluding carboxylic acids is 2. The van der Waals surface area contributed by atoms with E-state index < -0.39 is 18.0 Å². The molecule has 0 bridgehead atoms. The van der Waals surface area contributed by atoms with Gasteiger partial charge in [0.1, 0.15) is 16.9 Å². The van der Waals surface area contributed by atoms with Crippen molar-refractivity contribution in [2.24, 2.45) is 0 Å². The molecule has 1 fully saturated rings. The standard InChI is InChI=1S/C38H40Cl2N6O7/c1-52-37-22(18-42-19-23-9-13-33(48)44-23)14-30(39)38(46-37)53-31-11-10-26-25(4-2-5-27(26)31)28-6-3-7-29(35(28)40)36(51)45-32-12-8-21(17-43-32)16-41-20-24(47)15-34(49)50/h2-8,12,14,17,23-24,31,41-42,47H,9-11,13,15-16,18-20H2,1H3,(H,44,48)(H,49,50)(H,43,45,51)/t23?,24?,31-/m0/s1. The van der Waals surface area contributed by atoms with E-state index in [1.165, 1.54) is 0 Å². The van der Waals surface area contributed by atoms with Crippen molar-refractivity contribution in [3.8, 4) is 22.9 Å². The summed E-state index contributed by atoms with van der Waals surface area (Å²) in [6.07, 6.45) is 2.66. The molecule has 0 radical (unpaired) electrons. The van der Waals surface area contributed by atoms with Crippen LogP contribution in [0.3, 0.4) is 0 Å². The molecule has 6 N–H and O–H groups in total. The number of nitrogens with zero attached hydrogens (tertiary/aromatic N) is 2. The zero-order valence-electron chi connectivity index (χ0n) is 29.0. The Morgan fingerprint density at radius 2 is 1.83 bits per heavy atom. The molecule has 1 saturated heterocycles. The normalized spacial score (nSPS) is 16.9. The van der Waals surface area contributed by atoms with Crippen molar-refractivity contribution < 1.29 is 34.1 Å². The number of methoxy groups -OCH3 is 1. The monoisotopic (exact) mass is 762 g/mol. The molecule has 53 heavy (non-hydrogen) atoms. The predicted molar refractivity (Wildman–Crippen MR) is 199 cm³/mol. The molecule has 2 aromatic carbocycles. The Hall–Kier alpha value is -4.79. The second kappa shape index (κ2) is 17.4. The largest absolute Gasteiger partial charge is 0.481 e. The summed E-state index contributed by atoms with van der Waals surface area (Å²) in [6, 6.07) is 16.6. The molecule has 1 aliphatic carbocycles. The molecule has 2 amide bonds. The van der Waals surface area contributed by atoms with E-state index in [1.54, 1.807) is 43.6 Å². The Bertz CT molecular complexity index is 1980. The number of fused-ring (bicyclic) bond motifs is 1. The Balaban J connectivity index is 1.11. The highest BCUT2D eigenvalue weighted by atomic mass is 35.5. The van der Waals surface area contributed by atoms with Crippen molar-refractivity contribution in [1.82, 2.24) is 25.9 Å². The maximum absolute atomic E-state index is 13.4. The molecule has 2 aliphatic rings. The van der Waals surface area contributed by atoms with E-state index in [4.69, 9.17) is 37.8 Å². The molecule has 15 heteroatoms. The third kappa shape index (κ3) is 9.42. The third-order valence-corrected chi connectivity index (χ3v) is 9.83. The summed E-state index contributed by atoms with van der Waals surface area (Å²) in [6.45, 7) is 1.57. The minimum Gasteiger partial charge on any atom is -0.481 e. The SMILES string of the molecule is COc1nc(O[C@H]2CCc3c(-c4cccc(C(=O)Nc5ccc(CNCC(O)CC(=O)O)cn5)c4Cl)cccc32)c(Cl)cc1CNCC1CCC(=O)N1. The molecular formula is C38H40Cl2N6O7. The highest BCUT2D eigenvalue weighted by Gasteiger charge is 2.29. The number of aromatic nitrogens is 2. The van der Waals surface area contributed by atoms with Crippen molar-refractivity contribution >= 4 is 46.8 Å². The summed E-state index contributed by atoms with van der Waals surface area (Å²) in [5, 5.41) is 31.2. The number of rotatable bonds is 16. The van der Waals surface area contributed by atoms with E-state index in [9.17, 15) is 19.5 Å². The number of benzene rings is 2. The maximum atomic E-state index is 13.4. The number of amides is 2. The van der Waals surface area contributed by atoms with Crippen molar-refractivity contribution in [1.29, 1.82) is 0 Å². The van der Waals surface area contributed by atoms with Crippen molar-refractivity contribution in [3.63, 3.8) is 0 Å². The number of halogens is 2. The number of carboxylic acids is 1. The zero-order chi connectivity index (χ0) is 37.5. The summed E-state index contributed by atoms with van der Waals surface area (Å²) in [7, 11) is 1.55. The molecule has 6 rings (SSSR count). The van der Waals surface area contributed by atoms with Gasteiger partial charge in [0.2, 0.25) is 17.7 Å². The number of carboxylic acid groups (broad SMARTS) is 1. The number of hydrogen-bond acceptors (Lipinski definition) is 10. The van der Waals surface area contributed by atoms with Gasteiger partial charge in [0.15, 0.2) is 0 Å². The van der Waals surface area contributed by atoms with Gasteiger partial charge in [-0.05, 0) is 59.7 Å². The molecule has 1 aliphatic heterocycles. The number of aliphatic hydroxyl groups excluding tert-OH is 1. The van der Waals surface area contributed by atoms with Gasteiger partial charge in [-0.1, -0.05) is 59.6 Å². The van der Waals surface area contributed by atoms with Crippen LogP contribution in [0, 0.1) is 0 Å². The van der Waals surface area contributed by atoms with Crippen LogP contribution in [0.1, 0.15) is 64.4 Å². The molecule has 2 unspecified atom stereocenters. The van der Waals surface area contributed by atoms with E-state index in [0.717, 1.165) is 34.2 Å². The molecule has 3 atom stereocenters. The van der Waals surface area contributed by atoms with E-state index in [1.807, 2.05) is 24.3 Å². The van der Waals surface area contributed by atoms with Crippen LogP contribution in [-0.2, 0) is 29.1 Å². The number of hydrogen-bond donors (Lipinski definition) is 6. The lowest BCUT2D eigenvalue weighted by atomic mass is 9.95. The fourth-order valence-corrected chi connectivity index (χ4v) is 7.11. The number of nitrogens with one attached hydrogen (secondary N) is 4. The minimum absolute atomic E-state index is 0.0703. The summed E-state index contributed by atoms with van der Waals surface area (Å²) in [5.74, 6) is -0.419. The molecule has 0 saturated carbocycles. The number of anilines is 1. The highest BCUT2D eigenvalue weighted by Crippen LogP contribution is 2.43. The first kappa shape index (κ1) is 38.0. The van der Waals surface area contributed by atoms with Crippen LogP contribution >= 0.6 is 23.2 Å². The smallest absolute Gasteiger partial charge is 0.306 e. The molecule has 2 aromatic heterocycles. The molecule has 0 spiro atoms. The lowest BCUT2D eigenvalue weighted by Crippen LogP contribution is -2.35. The highest BCUT2D eigenvalue weighted by molar-refractivity contribution is 6.37. The van der Waals surface area contributed by atoms with Crippen LogP contribution in [0.15, 0.2) is 60.8 Å². The Labute approximate surface area is 316 Å². The second-order valence-electron chi connectivity index (χ2n) is 13.0. The summed E-state index contributed by atoms with van der Waals surface area (Å²) in [4.78, 5) is 44.5. The van der Waals surface area contributed by atoms with Crippen LogP contribution < -0.4 is 30.7 Å². The number of aliphatic carboxylic acids is 1. The number of carbonyl (C=O) groups is 3. The van der Waals surface area contributed by atoms with Gasteiger partial charge in [-0.25, -0.2) is 4.98 Å². The van der Waals surface area contributed by atoms with Crippen molar-refractivity contribution in [2.75, 3.05) is 25.5 Å². The number of ether oxygens (including phenoxy) is 2. The predicted octanol–water partition coefficient (Wildman–Crippen LogP) is 5.07. The summed E-state index contributed by atoms with van der Waals surface area (Å²) >= 11 is 13.6. The zero-order valence-corrected chi connectivity index (χ0v) is 30.5. The van der Waals surface area contributed by atoms with Gasteiger partial charge in [-0.3, -0.25) is 14.4 Å². The molecule has 13 nitrogen and oxygen atoms in total. The Morgan fingerprint density at radius 3 is 2.57 bits per heavy atom. The number of pyridine rings is 2. The van der Waals surface area contributed by atoms with Crippen molar-refractivity contribution in [2.45, 2.75) is 63.4 Å². The lowest BCUT2D eigenvalue weighted by Gasteiger charge is -2.18. The van der Waals surface area contributed by atoms with Crippen LogP contribution in [0.2, 0.25) is 10.0 Å². The van der Waals surface area contributed by atoms with Crippen LogP contribution in [-0.4, -0.2) is 70.3 Å². The molecular weight excluding hydrogens is 723 g/mol. The van der Waals surface area contributed by atoms with E-state index >= 15 is 0 Å². The fraction of sp³-hybridized carbons (Fsp3) is 0.342. The van der Waals surface area contributed by atoms with Gasteiger partial charge in [0, 0.05) is 56.0 Å². The number of aliphatic hydroxyl groups is 1. The van der Waals surface area contributed by atoms with Gasteiger partial charge < -0.3 is 41.0 Å². The fourth-order valence-electron chi connectivity index (χ4n) is 6.58. The van der Waals surface area contributed by atoms with Crippen LogP contribution in [0.4, 0.5) is 5.82 Å². The minimum atomic E-state index is -1.07. The average Bonchev–Trinajstić information content (AvgIpc) is 3.75. The van der Waals surface area contributed by atoms with Crippen LogP contribution in [0.25, 0.3) is 11.1 Å². The molecule has 3 heterocycles. The maximum Gasteiger partial charge on any atom is 0.306 e. The van der Waals surface area contributed by atoms with Gasteiger partial charge in [0.25, 0.3) is 5.91 Å². The third-order valence-electron chi connectivity index (χ3n) is 9.16. The van der Waals surface area contributed by atoms with Gasteiger partial charge in [-0.15, -0.1) is 0 Å². The van der Waals surface area contributed by atoms with Gasteiger partial charge in [0.05, 0.1) is 30.2 Å². The second-order valence-corrected chi connectivity index (χ2v) is 13.7. The molecule has 278 valence electrons. The van der Waals surface area contributed by atoms with Crippen molar-refractivity contribution in [3.05, 3.63) is 98.7 Å². The van der Waals surface area contributed by atoms with Gasteiger partial charge >= 0.3 is 5.97 Å². The average molecular weight is 764 g/mol. The first-order valence-electron chi connectivity index (χ1n) is 17.3. The van der Waals surface area contributed by atoms with E-state index in [2.05, 4.69) is 31.2 Å². The molecule has 4 aromatic rings. The summed E-state index contributed by atoms with van der Waals surface area (Å²) < 4.78 is 12.0. The topological polar surface area (TPSA) is 184 Å². The van der Waals surface area contributed by atoms with Gasteiger partial charge in [-0.2, -0.15) is 4.98 Å². The first-order chi connectivity index (χ1) is 25.6. The first-order valence-corrected chi connectivity index (χ1v) is 18.0.